The third kappa shape index (κ3) is 5.47. The molecule has 0 amide bonds. The van der Waals surface area contributed by atoms with E-state index in [1.165, 1.54) is 12.1 Å². The van der Waals surface area contributed by atoms with Crippen LogP contribution in [-0.4, -0.2) is 14.4 Å². The second-order valence-corrected chi connectivity index (χ2v) is 9.85. The van der Waals surface area contributed by atoms with E-state index < -0.39 is 14.4 Å². The zero-order valence-electron chi connectivity index (χ0n) is 10.2. The highest BCUT2D eigenvalue weighted by atomic mass is 35.5. The molecule has 0 N–H and O–H groups in total. The highest BCUT2D eigenvalue weighted by Gasteiger charge is 2.31. The normalized spacial score (nSPS) is 11.7. The predicted molar refractivity (Wildman–Crippen MR) is 68.4 cm³/mol. The van der Waals surface area contributed by atoms with Crippen LogP contribution < -0.4 is 4.74 Å². The van der Waals surface area contributed by atoms with Gasteiger partial charge in [0.2, 0.25) is 0 Å². The van der Waals surface area contributed by atoms with Gasteiger partial charge in [-0.2, -0.15) is 0 Å². The Labute approximate surface area is 110 Å². The zero-order valence-corrected chi connectivity index (χ0v) is 11.9. The van der Waals surface area contributed by atoms with Crippen LogP contribution in [0.3, 0.4) is 0 Å². The van der Waals surface area contributed by atoms with Crippen molar-refractivity contribution in [3.63, 3.8) is 0 Å². The summed E-state index contributed by atoms with van der Waals surface area (Å²) in [5.74, 6) is 2.54. The van der Waals surface area contributed by atoms with Crippen LogP contribution in [0, 0.1) is 11.5 Å². The van der Waals surface area contributed by atoms with Gasteiger partial charge in [0.1, 0.15) is 13.8 Å². The molecule has 1 aromatic carbocycles. The second-order valence-electron chi connectivity index (χ2n) is 4.69. The van der Waals surface area contributed by atoms with E-state index in [0.717, 1.165) is 6.07 Å². The Kier molecular flexibility index (Phi) is 4.35. The van der Waals surface area contributed by atoms with E-state index in [1.54, 1.807) is 0 Å². The number of ether oxygens (including phenoxy) is 1. The Morgan fingerprint density at radius 2 is 1.83 bits per heavy atom. The largest absolute Gasteiger partial charge is 0.573 e. The van der Waals surface area contributed by atoms with Gasteiger partial charge in [0.15, 0.2) is 0 Å². The molecule has 0 spiro atoms. The van der Waals surface area contributed by atoms with Gasteiger partial charge in [-0.15, -0.1) is 18.7 Å². The molecule has 1 aromatic rings. The van der Waals surface area contributed by atoms with Gasteiger partial charge in [0.05, 0.1) is 5.02 Å². The molecule has 0 saturated carbocycles. The Morgan fingerprint density at radius 1 is 1.22 bits per heavy atom. The average molecular weight is 293 g/mol. The third-order valence-corrected chi connectivity index (χ3v) is 2.93. The standard InChI is InChI=1S/C12H12ClF3OSi/c1-18(2,3)7-6-9-4-5-10(8-11(9)13)17-12(14,15)16/h4-5,8H,1-3H3. The predicted octanol–water partition coefficient (Wildman–Crippen LogP) is 4.47. The number of alkyl halides is 3. The fourth-order valence-corrected chi connectivity index (χ4v) is 1.78. The first-order valence-corrected chi connectivity index (χ1v) is 9.03. The first-order chi connectivity index (χ1) is 8.07. The maximum Gasteiger partial charge on any atom is 0.573 e. The van der Waals surface area contributed by atoms with E-state index in [4.69, 9.17) is 11.6 Å². The van der Waals surface area contributed by atoms with Crippen molar-refractivity contribution in [3.05, 3.63) is 28.8 Å². The van der Waals surface area contributed by atoms with Gasteiger partial charge in [0.25, 0.3) is 0 Å². The van der Waals surface area contributed by atoms with E-state index in [1.807, 2.05) is 0 Å². The van der Waals surface area contributed by atoms with E-state index in [9.17, 15) is 13.2 Å². The molecule has 18 heavy (non-hydrogen) atoms. The molecule has 0 bridgehead atoms. The fourth-order valence-electron chi connectivity index (χ4n) is 1.05. The topological polar surface area (TPSA) is 9.23 Å². The summed E-state index contributed by atoms with van der Waals surface area (Å²) in [6.07, 6.45) is -4.71. The van der Waals surface area contributed by atoms with E-state index in [0.29, 0.717) is 5.56 Å². The van der Waals surface area contributed by atoms with Crippen molar-refractivity contribution in [1.82, 2.24) is 0 Å². The summed E-state index contributed by atoms with van der Waals surface area (Å²) in [7, 11) is -1.55. The third-order valence-electron chi connectivity index (χ3n) is 1.75. The van der Waals surface area contributed by atoms with Crippen molar-refractivity contribution in [2.75, 3.05) is 0 Å². The Morgan fingerprint density at radius 3 is 2.28 bits per heavy atom. The Bertz CT molecular complexity index is 495. The molecule has 0 aliphatic carbocycles. The van der Waals surface area contributed by atoms with Crippen LogP contribution >= 0.6 is 11.6 Å². The summed E-state index contributed by atoms with van der Waals surface area (Å²) in [6, 6.07) is 3.74. The van der Waals surface area contributed by atoms with Crippen LogP contribution in [0.5, 0.6) is 5.75 Å². The van der Waals surface area contributed by atoms with Gasteiger partial charge in [-0.25, -0.2) is 0 Å². The van der Waals surface area contributed by atoms with Crippen LogP contribution in [0.15, 0.2) is 18.2 Å². The number of hydrogen-bond donors (Lipinski definition) is 0. The van der Waals surface area contributed by atoms with Gasteiger partial charge < -0.3 is 4.74 Å². The van der Waals surface area contributed by atoms with E-state index >= 15 is 0 Å². The summed E-state index contributed by atoms with van der Waals surface area (Å²) >= 11 is 5.85. The molecule has 0 saturated heterocycles. The van der Waals surface area contributed by atoms with Crippen LogP contribution in [0.4, 0.5) is 13.2 Å². The molecule has 0 radical (unpaired) electrons. The number of hydrogen-bond acceptors (Lipinski definition) is 1. The smallest absolute Gasteiger partial charge is 0.406 e. The molecular formula is C12H12ClF3OSi. The molecule has 0 heterocycles. The van der Waals surface area contributed by atoms with Crippen LogP contribution in [0.25, 0.3) is 0 Å². The summed E-state index contributed by atoms with van der Waals surface area (Å²) in [5, 5.41) is 0.155. The first kappa shape index (κ1) is 14.9. The molecule has 0 aromatic heterocycles. The molecule has 0 aliphatic rings. The summed E-state index contributed by atoms with van der Waals surface area (Å²) in [4.78, 5) is 0. The number of rotatable bonds is 1. The molecule has 98 valence electrons. The van der Waals surface area contributed by atoms with Crippen molar-refractivity contribution in [2.24, 2.45) is 0 Å². The molecule has 1 nitrogen and oxygen atoms in total. The summed E-state index contributed by atoms with van der Waals surface area (Å²) < 4.78 is 39.7. The minimum atomic E-state index is -4.71. The van der Waals surface area contributed by atoms with Gasteiger partial charge in [0, 0.05) is 11.6 Å². The second kappa shape index (κ2) is 5.25. The Balaban J connectivity index is 2.96. The van der Waals surface area contributed by atoms with Crippen LogP contribution in [0.2, 0.25) is 24.7 Å². The SMILES string of the molecule is C[Si](C)(C)C#Cc1ccc(OC(F)(F)F)cc1Cl. The van der Waals surface area contributed by atoms with Crippen molar-refractivity contribution in [2.45, 2.75) is 26.0 Å². The van der Waals surface area contributed by atoms with Crippen LogP contribution in [0.1, 0.15) is 5.56 Å². The number of halogens is 4. The number of benzene rings is 1. The molecule has 6 heteroatoms. The zero-order chi connectivity index (χ0) is 14.0. The minimum absolute atomic E-state index is 0.155. The monoisotopic (exact) mass is 292 g/mol. The van der Waals surface area contributed by atoms with Gasteiger partial charge in [-0.05, 0) is 12.1 Å². The van der Waals surface area contributed by atoms with Crippen LogP contribution in [-0.2, 0) is 0 Å². The Hall–Kier alpha value is -1.12. The first-order valence-electron chi connectivity index (χ1n) is 5.15. The molecular weight excluding hydrogens is 281 g/mol. The fraction of sp³-hybridized carbons (Fsp3) is 0.333. The lowest BCUT2D eigenvalue weighted by Crippen LogP contribution is -2.17. The van der Waals surface area contributed by atoms with E-state index in [-0.39, 0.29) is 10.8 Å². The highest BCUT2D eigenvalue weighted by Crippen LogP contribution is 2.27. The van der Waals surface area contributed by atoms with Gasteiger partial charge >= 0.3 is 6.36 Å². The van der Waals surface area contributed by atoms with Crippen molar-refractivity contribution in [3.8, 4) is 17.2 Å². The molecule has 0 unspecified atom stereocenters. The van der Waals surface area contributed by atoms with Gasteiger partial charge in [-0.3, -0.25) is 0 Å². The van der Waals surface area contributed by atoms with E-state index in [2.05, 4.69) is 35.8 Å². The average Bonchev–Trinajstić information content (AvgIpc) is 2.12. The minimum Gasteiger partial charge on any atom is -0.406 e. The lowest BCUT2D eigenvalue weighted by atomic mass is 10.2. The molecule has 0 atom stereocenters. The molecule has 0 fully saturated rings. The maximum absolute atomic E-state index is 12.0. The maximum atomic E-state index is 12.0. The summed E-state index contributed by atoms with van der Waals surface area (Å²) in [6.45, 7) is 6.19. The highest BCUT2D eigenvalue weighted by molar-refractivity contribution is 6.83. The van der Waals surface area contributed by atoms with Crippen molar-refractivity contribution in [1.29, 1.82) is 0 Å². The molecule has 0 aliphatic heterocycles. The summed E-state index contributed by atoms with van der Waals surface area (Å²) in [5.41, 5.74) is 3.60. The quantitative estimate of drug-likeness (QED) is 0.548. The lowest BCUT2D eigenvalue weighted by Gasteiger charge is -2.09. The lowest BCUT2D eigenvalue weighted by molar-refractivity contribution is -0.274. The van der Waals surface area contributed by atoms with Crippen molar-refractivity contribution >= 4 is 19.7 Å². The molecule has 1 rings (SSSR count). The van der Waals surface area contributed by atoms with Crippen molar-refractivity contribution < 1.29 is 17.9 Å². The van der Waals surface area contributed by atoms with Gasteiger partial charge in [-0.1, -0.05) is 37.2 Å².